The number of aliphatic hydroxyl groups excluding tert-OH is 1. The van der Waals surface area contributed by atoms with Crippen molar-refractivity contribution in [1.29, 1.82) is 0 Å². The van der Waals surface area contributed by atoms with Gasteiger partial charge in [-0.25, -0.2) is 0 Å². The maximum Gasteiger partial charge on any atom is 0.318 e. The average Bonchev–Trinajstić information content (AvgIpc) is 2.08. The second kappa shape index (κ2) is 3.63. The number of rotatable bonds is 3. The van der Waals surface area contributed by atoms with E-state index in [2.05, 4.69) is 0 Å². The Morgan fingerprint density at radius 1 is 1.21 bits per heavy atom. The summed E-state index contributed by atoms with van der Waals surface area (Å²) in [6.07, 6.45) is 3.56. The van der Waals surface area contributed by atoms with E-state index in [4.69, 9.17) is 15.3 Å². The van der Waals surface area contributed by atoms with Crippen molar-refractivity contribution in [2.75, 3.05) is 0 Å². The number of hydrogen-bond acceptors (Lipinski definition) is 3. The van der Waals surface area contributed by atoms with Crippen LogP contribution in [0.25, 0.3) is 0 Å². The molecule has 3 N–H and O–H groups in total. The van der Waals surface area contributed by atoms with Crippen molar-refractivity contribution in [2.45, 2.75) is 12.5 Å². The van der Waals surface area contributed by atoms with Crippen molar-refractivity contribution in [3.05, 3.63) is 24.3 Å². The van der Waals surface area contributed by atoms with Crippen molar-refractivity contribution in [3.8, 4) is 0 Å². The molecule has 0 spiro atoms. The van der Waals surface area contributed by atoms with Gasteiger partial charge in [0.15, 0.2) is 0 Å². The number of carbonyl (C=O) groups is 2. The molecule has 1 rings (SSSR count). The van der Waals surface area contributed by atoms with E-state index in [1.54, 1.807) is 0 Å². The summed E-state index contributed by atoms with van der Waals surface area (Å²) in [7, 11) is 0. The second-order valence-electron chi connectivity index (χ2n) is 3.12. The third-order valence-electron chi connectivity index (χ3n) is 2.02. The molecule has 0 amide bonds. The van der Waals surface area contributed by atoms with Gasteiger partial charge in [-0.1, -0.05) is 24.3 Å². The van der Waals surface area contributed by atoms with E-state index in [0.29, 0.717) is 0 Å². The summed E-state index contributed by atoms with van der Waals surface area (Å²) in [4.78, 5) is 21.3. The predicted molar refractivity (Wildman–Crippen MR) is 46.6 cm³/mol. The molecule has 0 aliphatic heterocycles. The lowest BCUT2D eigenvalue weighted by atomic mass is 9.80. The predicted octanol–water partition coefficient (Wildman–Crippen LogP) is 0.0190. The zero-order chi connectivity index (χ0) is 10.8. The first-order valence-corrected chi connectivity index (χ1v) is 3.98. The van der Waals surface area contributed by atoms with Crippen LogP contribution in [-0.4, -0.2) is 33.4 Å². The molecule has 0 unspecified atom stereocenters. The van der Waals surface area contributed by atoms with Crippen LogP contribution in [0.4, 0.5) is 0 Å². The van der Waals surface area contributed by atoms with Gasteiger partial charge in [-0.15, -0.1) is 0 Å². The zero-order valence-corrected chi connectivity index (χ0v) is 7.25. The Hall–Kier alpha value is -1.62. The van der Waals surface area contributed by atoms with Crippen LogP contribution in [0.5, 0.6) is 0 Å². The molecule has 0 aromatic carbocycles. The Bertz CT molecular complexity index is 301. The first-order valence-electron chi connectivity index (χ1n) is 3.98. The van der Waals surface area contributed by atoms with E-state index < -0.39 is 29.9 Å². The van der Waals surface area contributed by atoms with Gasteiger partial charge in [-0.05, 0) is 0 Å². The summed E-state index contributed by atoms with van der Waals surface area (Å²) >= 11 is 0. The van der Waals surface area contributed by atoms with Gasteiger partial charge in [-0.3, -0.25) is 9.59 Å². The molecular formula is C9H10O5. The van der Waals surface area contributed by atoms with Crippen molar-refractivity contribution in [2.24, 2.45) is 5.41 Å². The minimum Gasteiger partial charge on any atom is -0.481 e. The Kier molecular flexibility index (Phi) is 2.71. The van der Waals surface area contributed by atoms with Crippen LogP contribution >= 0.6 is 0 Å². The van der Waals surface area contributed by atoms with E-state index in [1.165, 1.54) is 24.3 Å². The van der Waals surface area contributed by atoms with Crippen molar-refractivity contribution >= 4 is 11.9 Å². The highest BCUT2D eigenvalue weighted by Gasteiger charge is 2.37. The van der Waals surface area contributed by atoms with E-state index in [1.807, 2.05) is 0 Å². The normalized spacial score (nSPS) is 30.2. The number of carboxylic acids is 2. The Morgan fingerprint density at radius 2 is 1.71 bits per heavy atom. The van der Waals surface area contributed by atoms with Gasteiger partial charge in [0.05, 0.1) is 12.5 Å². The van der Waals surface area contributed by atoms with Crippen LogP contribution in [-0.2, 0) is 9.59 Å². The topological polar surface area (TPSA) is 94.8 Å². The van der Waals surface area contributed by atoms with Gasteiger partial charge in [-0.2, -0.15) is 0 Å². The molecule has 0 heterocycles. The van der Waals surface area contributed by atoms with Gasteiger partial charge in [0.2, 0.25) is 0 Å². The van der Waals surface area contributed by atoms with Crippen molar-refractivity contribution in [1.82, 2.24) is 0 Å². The van der Waals surface area contributed by atoms with Gasteiger partial charge in [0, 0.05) is 0 Å². The Balaban J connectivity index is 2.95. The maximum absolute atomic E-state index is 10.9. The standard InChI is InChI=1S/C9H10O5/c10-6-1-3-9(4-2-6,8(13)14)5-7(11)12/h1-4,6,10H,5H2,(H,11,12)(H,13,14). The van der Waals surface area contributed by atoms with Crippen molar-refractivity contribution < 1.29 is 24.9 Å². The lowest BCUT2D eigenvalue weighted by molar-refractivity contribution is -0.150. The fourth-order valence-corrected chi connectivity index (χ4v) is 1.25. The molecule has 0 atom stereocenters. The summed E-state index contributed by atoms with van der Waals surface area (Å²) in [6, 6.07) is 0. The minimum atomic E-state index is -1.52. The molecule has 0 saturated heterocycles. The highest BCUT2D eigenvalue weighted by atomic mass is 16.4. The molecule has 76 valence electrons. The smallest absolute Gasteiger partial charge is 0.318 e. The molecule has 0 aromatic rings. The monoisotopic (exact) mass is 198 g/mol. The third-order valence-corrected chi connectivity index (χ3v) is 2.02. The molecule has 0 radical (unpaired) electrons. The molecule has 1 aliphatic rings. The minimum absolute atomic E-state index is 0.526. The summed E-state index contributed by atoms with van der Waals surface area (Å²) in [5.74, 6) is -2.43. The average molecular weight is 198 g/mol. The van der Waals surface area contributed by atoms with Crippen LogP contribution in [0.2, 0.25) is 0 Å². The lowest BCUT2D eigenvalue weighted by Gasteiger charge is -2.23. The Labute approximate surface area is 80.0 Å². The van der Waals surface area contributed by atoms with Gasteiger partial charge < -0.3 is 15.3 Å². The van der Waals surface area contributed by atoms with E-state index >= 15 is 0 Å². The molecule has 0 aromatic heterocycles. The third kappa shape index (κ3) is 2.00. The van der Waals surface area contributed by atoms with E-state index in [9.17, 15) is 9.59 Å². The lowest BCUT2D eigenvalue weighted by Crippen LogP contribution is -2.32. The summed E-state index contributed by atoms with van der Waals surface area (Å²) < 4.78 is 0. The molecule has 0 fully saturated rings. The molecule has 14 heavy (non-hydrogen) atoms. The summed E-state index contributed by atoms with van der Waals surface area (Å²) in [5, 5.41) is 26.5. The highest BCUT2D eigenvalue weighted by Crippen LogP contribution is 2.29. The van der Waals surface area contributed by atoms with Gasteiger partial charge >= 0.3 is 11.9 Å². The summed E-state index contributed by atoms with van der Waals surface area (Å²) in [5.41, 5.74) is -1.52. The van der Waals surface area contributed by atoms with E-state index in [-0.39, 0.29) is 0 Å². The van der Waals surface area contributed by atoms with Crippen LogP contribution in [0, 0.1) is 5.41 Å². The number of aliphatic carboxylic acids is 2. The number of hydrogen-bond donors (Lipinski definition) is 3. The van der Waals surface area contributed by atoms with Gasteiger partial charge in [0.1, 0.15) is 5.41 Å². The SMILES string of the molecule is O=C(O)CC1(C(=O)O)C=CC(O)C=C1. The molecule has 5 heteroatoms. The van der Waals surface area contributed by atoms with Crippen LogP contribution in [0.1, 0.15) is 6.42 Å². The van der Waals surface area contributed by atoms with Crippen molar-refractivity contribution in [3.63, 3.8) is 0 Å². The molecule has 1 aliphatic carbocycles. The van der Waals surface area contributed by atoms with Gasteiger partial charge in [0.25, 0.3) is 0 Å². The highest BCUT2D eigenvalue weighted by molar-refractivity contribution is 5.85. The fraction of sp³-hybridized carbons (Fsp3) is 0.333. The van der Waals surface area contributed by atoms with E-state index in [0.717, 1.165) is 0 Å². The first kappa shape index (κ1) is 10.5. The number of carboxylic acid groups (broad SMARTS) is 2. The van der Waals surface area contributed by atoms with Crippen LogP contribution < -0.4 is 0 Å². The number of aliphatic hydroxyl groups is 1. The Morgan fingerprint density at radius 3 is 2.07 bits per heavy atom. The second-order valence-corrected chi connectivity index (χ2v) is 3.12. The molecule has 0 saturated carbocycles. The first-order chi connectivity index (χ1) is 6.46. The fourth-order valence-electron chi connectivity index (χ4n) is 1.25. The summed E-state index contributed by atoms with van der Waals surface area (Å²) in [6.45, 7) is 0. The molecule has 5 nitrogen and oxygen atoms in total. The molecular weight excluding hydrogens is 188 g/mol. The maximum atomic E-state index is 10.9. The van der Waals surface area contributed by atoms with Crippen LogP contribution in [0.3, 0.4) is 0 Å². The van der Waals surface area contributed by atoms with Crippen LogP contribution in [0.15, 0.2) is 24.3 Å². The zero-order valence-electron chi connectivity index (χ0n) is 7.25. The quantitative estimate of drug-likeness (QED) is 0.555. The largest absolute Gasteiger partial charge is 0.481 e. The molecule has 0 bridgehead atoms.